The van der Waals surface area contributed by atoms with Crippen molar-refractivity contribution >= 4 is 29.3 Å². The summed E-state index contributed by atoms with van der Waals surface area (Å²) in [4.78, 5) is 43.9. The minimum atomic E-state index is -0.592. The highest BCUT2D eigenvalue weighted by atomic mass is 35.5. The van der Waals surface area contributed by atoms with Crippen molar-refractivity contribution < 1.29 is 18.8 Å². The summed E-state index contributed by atoms with van der Waals surface area (Å²) in [5.74, 6) is -1.39. The molecule has 1 aliphatic heterocycles. The van der Waals surface area contributed by atoms with Crippen molar-refractivity contribution in [1.82, 2.24) is 20.1 Å². The lowest BCUT2D eigenvalue weighted by molar-refractivity contribution is -0.139. The average Bonchev–Trinajstić information content (AvgIpc) is 2.76. The zero-order chi connectivity index (χ0) is 22.7. The third-order valence-corrected chi connectivity index (χ3v) is 5.35. The van der Waals surface area contributed by atoms with E-state index in [-0.39, 0.29) is 29.1 Å². The van der Waals surface area contributed by atoms with Crippen LogP contribution in [0.1, 0.15) is 28.9 Å². The lowest BCUT2D eigenvalue weighted by atomic mass is 9.99. The van der Waals surface area contributed by atoms with Gasteiger partial charge in [-0.1, -0.05) is 18.2 Å². The molecular weight excluding hydrogens is 423 g/mol. The summed E-state index contributed by atoms with van der Waals surface area (Å²) in [6.07, 6.45) is 1.23. The molecule has 2 heterocycles. The minimum absolute atomic E-state index is 0.141. The van der Waals surface area contributed by atoms with Gasteiger partial charge in [0.1, 0.15) is 11.0 Å². The number of rotatable bonds is 4. The molecule has 31 heavy (non-hydrogen) atoms. The number of piperazine rings is 1. The number of carbonyl (C=O) groups excluding carboxylic acids is 3. The first-order valence-corrected chi connectivity index (χ1v) is 10.0. The highest BCUT2D eigenvalue weighted by molar-refractivity contribution is 6.29. The predicted octanol–water partition coefficient (Wildman–Crippen LogP) is 2.82. The maximum atomic E-state index is 14.2. The first-order valence-electron chi connectivity index (χ1n) is 9.62. The van der Waals surface area contributed by atoms with E-state index < -0.39 is 17.8 Å². The Morgan fingerprint density at radius 2 is 1.97 bits per heavy atom. The standard InChI is InChI=1S/C22H22ClFN4O3/c1-4-21(30)27-5-6-28(13(2)29)19(12-27)15-10-18(26-20(23)11-15)14-7-16(22(31)25-3)9-17(24)8-14/h4,7-11,19H,1,5-6,12H2,2-3H3,(H,25,31)/t19-/m1/s1. The summed E-state index contributed by atoms with van der Waals surface area (Å²) in [7, 11) is 1.46. The molecule has 0 bridgehead atoms. The summed E-state index contributed by atoms with van der Waals surface area (Å²) in [6, 6.07) is 6.75. The molecule has 3 rings (SSSR count). The quantitative estimate of drug-likeness (QED) is 0.580. The Hall–Kier alpha value is -3.26. The van der Waals surface area contributed by atoms with Crippen molar-refractivity contribution in [3.8, 4) is 11.3 Å². The van der Waals surface area contributed by atoms with E-state index >= 15 is 0 Å². The van der Waals surface area contributed by atoms with E-state index in [0.29, 0.717) is 29.9 Å². The number of nitrogens with one attached hydrogen (secondary N) is 1. The normalized spacial score (nSPS) is 16.1. The molecule has 1 N–H and O–H groups in total. The first-order chi connectivity index (χ1) is 14.7. The van der Waals surface area contributed by atoms with Crippen LogP contribution in [0.3, 0.4) is 0 Å². The first kappa shape index (κ1) is 22.4. The SMILES string of the molecule is C=CC(=O)N1CCN(C(C)=O)[C@@H](c2cc(Cl)nc(-c3cc(F)cc(C(=O)NC)c3)c2)C1. The van der Waals surface area contributed by atoms with Gasteiger partial charge in [0.05, 0.1) is 11.7 Å². The molecule has 0 radical (unpaired) electrons. The van der Waals surface area contributed by atoms with E-state index in [2.05, 4.69) is 16.9 Å². The van der Waals surface area contributed by atoms with Crippen LogP contribution in [-0.2, 0) is 9.59 Å². The zero-order valence-corrected chi connectivity index (χ0v) is 17.9. The van der Waals surface area contributed by atoms with Gasteiger partial charge in [0, 0.05) is 44.7 Å². The molecule has 3 amide bonds. The number of pyridine rings is 1. The van der Waals surface area contributed by atoms with Gasteiger partial charge in [0.2, 0.25) is 11.8 Å². The van der Waals surface area contributed by atoms with Crippen molar-refractivity contribution in [3.05, 3.63) is 65.1 Å². The van der Waals surface area contributed by atoms with Crippen molar-refractivity contribution in [2.24, 2.45) is 0 Å². The van der Waals surface area contributed by atoms with Crippen LogP contribution >= 0.6 is 11.6 Å². The summed E-state index contributed by atoms with van der Waals surface area (Å²) < 4.78 is 14.2. The molecule has 0 spiro atoms. The smallest absolute Gasteiger partial charge is 0.251 e. The Morgan fingerprint density at radius 1 is 1.23 bits per heavy atom. The Bertz CT molecular complexity index is 1060. The van der Waals surface area contributed by atoms with E-state index in [1.165, 1.54) is 32.2 Å². The predicted molar refractivity (Wildman–Crippen MR) is 115 cm³/mol. The van der Waals surface area contributed by atoms with Crippen LogP contribution in [0.15, 0.2) is 43.0 Å². The van der Waals surface area contributed by atoms with Crippen LogP contribution in [0, 0.1) is 5.82 Å². The molecule has 1 fully saturated rings. The highest BCUT2D eigenvalue weighted by Gasteiger charge is 2.32. The molecule has 1 aliphatic rings. The highest BCUT2D eigenvalue weighted by Crippen LogP contribution is 2.31. The number of halogens is 2. The van der Waals surface area contributed by atoms with Gasteiger partial charge in [-0.25, -0.2) is 9.37 Å². The second-order valence-corrected chi connectivity index (χ2v) is 7.52. The molecule has 162 valence electrons. The van der Waals surface area contributed by atoms with Gasteiger partial charge in [-0.05, 0) is 42.0 Å². The number of benzene rings is 1. The van der Waals surface area contributed by atoms with Crippen LogP contribution < -0.4 is 5.32 Å². The Kier molecular flexibility index (Phi) is 6.70. The molecule has 0 aliphatic carbocycles. The molecule has 1 saturated heterocycles. The van der Waals surface area contributed by atoms with Crippen LogP contribution in [0.4, 0.5) is 4.39 Å². The number of carbonyl (C=O) groups is 3. The number of nitrogens with zero attached hydrogens (tertiary/aromatic N) is 3. The van der Waals surface area contributed by atoms with Gasteiger partial charge in [0.15, 0.2) is 0 Å². The lowest BCUT2D eigenvalue weighted by Crippen LogP contribution is -2.51. The molecule has 9 heteroatoms. The van der Waals surface area contributed by atoms with E-state index in [1.807, 2.05) is 0 Å². The number of aromatic nitrogens is 1. The maximum absolute atomic E-state index is 14.2. The summed E-state index contributed by atoms with van der Waals surface area (Å²) in [6.45, 7) is 6.00. The van der Waals surface area contributed by atoms with Gasteiger partial charge < -0.3 is 15.1 Å². The van der Waals surface area contributed by atoms with Crippen LogP contribution in [0.5, 0.6) is 0 Å². The third kappa shape index (κ3) is 4.91. The van der Waals surface area contributed by atoms with Crippen LogP contribution in [0.25, 0.3) is 11.3 Å². The Balaban J connectivity index is 2.06. The molecule has 1 aromatic carbocycles. The number of amides is 3. The summed E-state index contributed by atoms with van der Waals surface area (Å²) in [5.41, 5.74) is 1.51. The lowest BCUT2D eigenvalue weighted by Gasteiger charge is -2.41. The van der Waals surface area contributed by atoms with Crippen molar-refractivity contribution in [2.45, 2.75) is 13.0 Å². The van der Waals surface area contributed by atoms with E-state index in [1.54, 1.807) is 21.9 Å². The number of hydrogen-bond donors (Lipinski definition) is 1. The summed E-state index contributed by atoms with van der Waals surface area (Å²) in [5, 5.41) is 2.61. The fourth-order valence-electron chi connectivity index (χ4n) is 3.64. The maximum Gasteiger partial charge on any atom is 0.251 e. The average molecular weight is 445 g/mol. The molecule has 0 saturated carbocycles. The van der Waals surface area contributed by atoms with E-state index in [9.17, 15) is 18.8 Å². The second-order valence-electron chi connectivity index (χ2n) is 7.13. The largest absolute Gasteiger partial charge is 0.355 e. The minimum Gasteiger partial charge on any atom is -0.355 e. The van der Waals surface area contributed by atoms with Gasteiger partial charge in [0.25, 0.3) is 5.91 Å². The number of hydrogen-bond acceptors (Lipinski definition) is 4. The topological polar surface area (TPSA) is 82.6 Å². The second kappa shape index (κ2) is 9.26. The van der Waals surface area contributed by atoms with Crippen molar-refractivity contribution in [2.75, 3.05) is 26.7 Å². The van der Waals surface area contributed by atoms with Gasteiger partial charge in [-0.2, -0.15) is 0 Å². The van der Waals surface area contributed by atoms with Gasteiger partial charge >= 0.3 is 0 Å². The fourth-order valence-corrected chi connectivity index (χ4v) is 3.86. The Labute approximate surface area is 184 Å². The van der Waals surface area contributed by atoms with Crippen molar-refractivity contribution in [3.63, 3.8) is 0 Å². The molecule has 0 unspecified atom stereocenters. The molecule has 1 atom stereocenters. The Morgan fingerprint density at radius 3 is 2.61 bits per heavy atom. The van der Waals surface area contributed by atoms with E-state index in [4.69, 9.17) is 11.6 Å². The molecule has 1 aromatic heterocycles. The molecule has 7 nitrogen and oxygen atoms in total. The van der Waals surface area contributed by atoms with Crippen LogP contribution in [0.2, 0.25) is 5.15 Å². The monoisotopic (exact) mass is 444 g/mol. The molecule has 2 aromatic rings. The van der Waals surface area contributed by atoms with Crippen LogP contribution in [-0.4, -0.2) is 59.2 Å². The summed E-state index contributed by atoms with van der Waals surface area (Å²) >= 11 is 6.26. The molecular formula is C22H22ClFN4O3. The fraction of sp³-hybridized carbons (Fsp3) is 0.273. The third-order valence-electron chi connectivity index (χ3n) is 5.16. The van der Waals surface area contributed by atoms with Crippen molar-refractivity contribution in [1.29, 1.82) is 0 Å². The van der Waals surface area contributed by atoms with Gasteiger partial charge in [-0.15, -0.1) is 0 Å². The van der Waals surface area contributed by atoms with Gasteiger partial charge in [-0.3, -0.25) is 14.4 Å². The van der Waals surface area contributed by atoms with E-state index in [0.717, 1.165) is 6.07 Å². The zero-order valence-electron chi connectivity index (χ0n) is 17.2.